The first kappa shape index (κ1) is 24.6. The molecule has 3 N–H and O–H groups in total. The number of aliphatic hydroxyl groups excluding tert-OH is 1. The van der Waals surface area contributed by atoms with Crippen molar-refractivity contribution in [1.82, 2.24) is 5.32 Å². The molecule has 0 fully saturated rings. The van der Waals surface area contributed by atoms with Crippen LogP contribution in [-0.2, 0) is 16.2 Å². The standard InChI is InChI=1S/C22H18ClF3N2O4S/c23-14-9-11-15(12-10-14)33(31,32)28-19-8-4-2-6-17(19)21(30)27-13-20(29)16-5-1-3-7-18(16)22(24,25)26/h1-12,20,28-29H,13H2,(H,27,30). The summed E-state index contributed by atoms with van der Waals surface area (Å²) in [6, 6.07) is 15.6. The van der Waals surface area contributed by atoms with Crippen molar-refractivity contribution in [3.05, 3.63) is 94.5 Å². The van der Waals surface area contributed by atoms with Crippen LogP contribution >= 0.6 is 11.6 Å². The summed E-state index contributed by atoms with van der Waals surface area (Å²) >= 11 is 5.78. The van der Waals surface area contributed by atoms with Crippen molar-refractivity contribution in [2.45, 2.75) is 17.2 Å². The van der Waals surface area contributed by atoms with Crippen LogP contribution in [0.2, 0.25) is 5.02 Å². The fourth-order valence-corrected chi connectivity index (χ4v) is 4.23. The van der Waals surface area contributed by atoms with Crippen molar-refractivity contribution in [3.8, 4) is 0 Å². The first-order valence-electron chi connectivity index (χ1n) is 9.49. The fourth-order valence-electron chi connectivity index (χ4n) is 3.03. The largest absolute Gasteiger partial charge is 0.416 e. The van der Waals surface area contributed by atoms with Gasteiger partial charge in [0.2, 0.25) is 0 Å². The number of rotatable bonds is 7. The van der Waals surface area contributed by atoms with E-state index in [9.17, 15) is 31.5 Å². The summed E-state index contributed by atoms with van der Waals surface area (Å²) in [5.74, 6) is -0.784. The third kappa shape index (κ3) is 6.04. The molecule has 0 radical (unpaired) electrons. The molecule has 3 aromatic rings. The molecule has 3 aromatic carbocycles. The van der Waals surface area contributed by atoms with Gasteiger partial charge < -0.3 is 10.4 Å². The summed E-state index contributed by atoms with van der Waals surface area (Å²) in [6.45, 7) is -0.524. The number of hydrogen-bond acceptors (Lipinski definition) is 4. The molecule has 1 unspecified atom stereocenters. The Bertz CT molecular complexity index is 1250. The van der Waals surface area contributed by atoms with Crippen molar-refractivity contribution >= 4 is 33.2 Å². The van der Waals surface area contributed by atoms with Crippen LogP contribution in [0, 0.1) is 0 Å². The third-order valence-corrected chi connectivity index (χ3v) is 6.25. The van der Waals surface area contributed by atoms with Gasteiger partial charge in [-0.05, 0) is 48.0 Å². The normalized spacial score (nSPS) is 12.8. The minimum Gasteiger partial charge on any atom is -0.387 e. The van der Waals surface area contributed by atoms with E-state index in [0.717, 1.165) is 12.1 Å². The van der Waals surface area contributed by atoms with E-state index in [-0.39, 0.29) is 21.7 Å². The number of para-hydroxylation sites is 1. The number of amides is 1. The van der Waals surface area contributed by atoms with E-state index in [0.29, 0.717) is 5.02 Å². The molecule has 33 heavy (non-hydrogen) atoms. The Labute approximate surface area is 193 Å². The zero-order valence-corrected chi connectivity index (χ0v) is 18.4. The Morgan fingerprint density at radius 3 is 2.24 bits per heavy atom. The molecule has 0 bridgehead atoms. The van der Waals surface area contributed by atoms with E-state index in [4.69, 9.17) is 11.6 Å². The van der Waals surface area contributed by atoms with E-state index in [1.54, 1.807) is 0 Å². The second-order valence-corrected chi connectivity index (χ2v) is 9.03. The second-order valence-electron chi connectivity index (χ2n) is 6.92. The number of alkyl halides is 3. The monoisotopic (exact) mass is 498 g/mol. The highest BCUT2D eigenvalue weighted by Gasteiger charge is 2.34. The Balaban J connectivity index is 1.77. The second kappa shape index (κ2) is 9.82. The lowest BCUT2D eigenvalue weighted by atomic mass is 10.0. The van der Waals surface area contributed by atoms with Gasteiger partial charge in [0.1, 0.15) is 0 Å². The minimum absolute atomic E-state index is 0.0462. The predicted molar refractivity (Wildman–Crippen MR) is 117 cm³/mol. The van der Waals surface area contributed by atoms with Crippen LogP contribution in [0.15, 0.2) is 77.7 Å². The van der Waals surface area contributed by atoms with E-state index in [1.165, 1.54) is 60.7 Å². The van der Waals surface area contributed by atoms with Gasteiger partial charge in [0.05, 0.1) is 27.8 Å². The first-order chi connectivity index (χ1) is 15.5. The van der Waals surface area contributed by atoms with Crippen LogP contribution in [0.1, 0.15) is 27.6 Å². The predicted octanol–water partition coefficient (Wildman–Crippen LogP) is 4.62. The molecule has 0 aliphatic heterocycles. The number of anilines is 1. The number of hydrogen-bond donors (Lipinski definition) is 3. The summed E-state index contributed by atoms with van der Waals surface area (Å²) < 4.78 is 67.1. The summed E-state index contributed by atoms with van der Waals surface area (Å²) in [4.78, 5) is 12.6. The molecular weight excluding hydrogens is 481 g/mol. The lowest BCUT2D eigenvalue weighted by Gasteiger charge is -2.18. The quantitative estimate of drug-likeness (QED) is 0.443. The Morgan fingerprint density at radius 1 is 0.970 bits per heavy atom. The Hall–Kier alpha value is -3.08. The molecular formula is C22H18ClF3N2O4S. The van der Waals surface area contributed by atoms with Gasteiger partial charge >= 0.3 is 6.18 Å². The minimum atomic E-state index is -4.67. The van der Waals surface area contributed by atoms with Crippen LogP contribution in [0.5, 0.6) is 0 Å². The molecule has 0 spiro atoms. The van der Waals surface area contributed by atoms with Gasteiger partial charge in [-0.25, -0.2) is 8.42 Å². The van der Waals surface area contributed by atoms with Crippen molar-refractivity contribution in [1.29, 1.82) is 0 Å². The molecule has 0 saturated carbocycles. The zero-order chi connectivity index (χ0) is 24.2. The van der Waals surface area contributed by atoms with Gasteiger partial charge in [-0.15, -0.1) is 0 Å². The molecule has 0 aliphatic carbocycles. The van der Waals surface area contributed by atoms with Crippen molar-refractivity contribution in [2.24, 2.45) is 0 Å². The SMILES string of the molecule is O=C(NCC(O)c1ccccc1C(F)(F)F)c1ccccc1NS(=O)(=O)c1ccc(Cl)cc1. The van der Waals surface area contributed by atoms with Crippen molar-refractivity contribution in [2.75, 3.05) is 11.3 Å². The fraction of sp³-hybridized carbons (Fsp3) is 0.136. The molecule has 0 aromatic heterocycles. The molecule has 6 nitrogen and oxygen atoms in total. The maximum absolute atomic E-state index is 13.2. The highest BCUT2D eigenvalue weighted by molar-refractivity contribution is 7.92. The van der Waals surface area contributed by atoms with Crippen LogP contribution in [0.4, 0.5) is 18.9 Å². The van der Waals surface area contributed by atoms with Crippen LogP contribution in [0.3, 0.4) is 0 Å². The highest BCUT2D eigenvalue weighted by Crippen LogP contribution is 2.34. The summed E-state index contributed by atoms with van der Waals surface area (Å²) in [6.07, 6.45) is -6.31. The van der Waals surface area contributed by atoms with Crippen LogP contribution < -0.4 is 10.0 Å². The molecule has 174 valence electrons. The molecule has 0 heterocycles. The van der Waals surface area contributed by atoms with Crippen molar-refractivity contribution < 1.29 is 31.5 Å². The van der Waals surface area contributed by atoms with Crippen molar-refractivity contribution in [3.63, 3.8) is 0 Å². The van der Waals surface area contributed by atoms with Gasteiger partial charge in [0.15, 0.2) is 0 Å². The molecule has 0 saturated heterocycles. The maximum Gasteiger partial charge on any atom is 0.416 e. The first-order valence-corrected chi connectivity index (χ1v) is 11.3. The Morgan fingerprint density at radius 2 is 1.58 bits per heavy atom. The van der Waals surface area contributed by atoms with Crippen LogP contribution in [0.25, 0.3) is 0 Å². The number of benzene rings is 3. The van der Waals surface area contributed by atoms with Crippen LogP contribution in [-0.4, -0.2) is 26.0 Å². The molecule has 1 atom stereocenters. The van der Waals surface area contributed by atoms with Gasteiger partial charge in [0, 0.05) is 11.6 Å². The number of halogens is 4. The number of carbonyl (C=O) groups is 1. The molecule has 11 heteroatoms. The number of nitrogens with one attached hydrogen (secondary N) is 2. The molecule has 0 aliphatic rings. The van der Waals surface area contributed by atoms with E-state index in [1.807, 2.05) is 0 Å². The zero-order valence-electron chi connectivity index (χ0n) is 16.8. The summed E-state index contributed by atoms with van der Waals surface area (Å²) in [5.41, 5.74) is -1.52. The van der Waals surface area contributed by atoms with Gasteiger partial charge in [-0.3, -0.25) is 9.52 Å². The number of sulfonamides is 1. The van der Waals surface area contributed by atoms with E-state index in [2.05, 4.69) is 10.0 Å². The van der Waals surface area contributed by atoms with Gasteiger partial charge in [0.25, 0.3) is 15.9 Å². The highest BCUT2D eigenvalue weighted by atomic mass is 35.5. The number of aliphatic hydroxyl groups is 1. The lowest BCUT2D eigenvalue weighted by Crippen LogP contribution is -2.30. The van der Waals surface area contributed by atoms with Gasteiger partial charge in [-0.2, -0.15) is 13.2 Å². The molecule has 1 amide bonds. The topological polar surface area (TPSA) is 95.5 Å². The smallest absolute Gasteiger partial charge is 0.387 e. The number of carbonyl (C=O) groups excluding carboxylic acids is 1. The lowest BCUT2D eigenvalue weighted by molar-refractivity contribution is -0.139. The Kier molecular flexibility index (Phi) is 7.31. The van der Waals surface area contributed by atoms with Gasteiger partial charge in [-0.1, -0.05) is 41.9 Å². The average molecular weight is 499 g/mol. The van der Waals surface area contributed by atoms with E-state index >= 15 is 0 Å². The summed E-state index contributed by atoms with van der Waals surface area (Å²) in [7, 11) is -4.05. The average Bonchev–Trinajstić information content (AvgIpc) is 2.77. The summed E-state index contributed by atoms with van der Waals surface area (Å²) in [5, 5.41) is 12.9. The van der Waals surface area contributed by atoms with E-state index < -0.39 is 40.3 Å². The third-order valence-electron chi connectivity index (χ3n) is 4.62. The maximum atomic E-state index is 13.2. The molecule has 3 rings (SSSR count).